The fourth-order valence-electron chi connectivity index (χ4n) is 6.26. The molecule has 3 saturated heterocycles. The minimum Gasteiger partial charge on any atom is -0.497 e. The molecule has 0 unspecified atom stereocenters. The lowest BCUT2D eigenvalue weighted by molar-refractivity contribution is -0.176. The fraction of sp³-hybridized carbons (Fsp3) is 0.731. The van der Waals surface area contributed by atoms with Crippen LogP contribution in [0.15, 0.2) is 18.2 Å². The molecule has 1 aromatic rings. The molecule has 0 aromatic heterocycles. The zero-order valence-electron chi connectivity index (χ0n) is 19.9. The molecular formula is C26H38N2O4. The van der Waals surface area contributed by atoms with Crippen molar-refractivity contribution in [1.29, 1.82) is 0 Å². The number of fused-ring (bicyclic) bond motifs is 3. The first-order chi connectivity index (χ1) is 15.4. The Balaban J connectivity index is 1.23. The van der Waals surface area contributed by atoms with Crippen molar-refractivity contribution in [3.8, 4) is 11.5 Å². The summed E-state index contributed by atoms with van der Waals surface area (Å²) in [5, 5.41) is 0. The number of rotatable bonds is 4. The average Bonchev–Trinajstić information content (AvgIpc) is 3.31. The van der Waals surface area contributed by atoms with Crippen LogP contribution in [0.3, 0.4) is 0 Å². The third-order valence-electron chi connectivity index (χ3n) is 8.39. The molecule has 0 saturated carbocycles. The van der Waals surface area contributed by atoms with Gasteiger partial charge in [0.25, 0.3) is 0 Å². The summed E-state index contributed by atoms with van der Waals surface area (Å²) in [6, 6.07) is 6.03. The van der Waals surface area contributed by atoms with Gasteiger partial charge in [-0.3, -0.25) is 4.79 Å². The Morgan fingerprint density at radius 1 is 1.16 bits per heavy atom. The molecule has 6 nitrogen and oxygen atoms in total. The van der Waals surface area contributed by atoms with Crippen molar-refractivity contribution >= 4 is 5.91 Å². The molecule has 4 heterocycles. The normalized spacial score (nSPS) is 28.7. The molecule has 3 fully saturated rings. The summed E-state index contributed by atoms with van der Waals surface area (Å²) in [4.78, 5) is 17.3. The van der Waals surface area contributed by atoms with Crippen LogP contribution in [0.25, 0.3) is 0 Å². The highest BCUT2D eigenvalue weighted by Crippen LogP contribution is 2.55. The van der Waals surface area contributed by atoms with Crippen LogP contribution in [0.4, 0.5) is 0 Å². The van der Waals surface area contributed by atoms with Crippen molar-refractivity contribution in [1.82, 2.24) is 9.80 Å². The predicted molar refractivity (Wildman–Crippen MR) is 123 cm³/mol. The second-order valence-corrected chi connectivity index (χ2v) is 10.8. The largest absolute Gasteiger partial charge is 0.497 e. The average molecular weight is 443 g/mol. The van der Waals surface area contributed by atoms with Gasteiger partial charge in [-0.25, -0.2) is 0 Å². The van der Waals surface area contributed by atoms with Crippen LogP contribution in [-0.2, 0) is 9.53 Å². The Labute approximate surface area is 192 Å². The summed E-state index contributed by atoms with van der Waals surface area (Å²) in [6.07, 6.45) is 6.37. The highest BCUT2D eigenvalue weighted by molar-refractivity contribution is 5.76. The Bertz CT molecular complexity index is 840. The summed E-state index contributed by atoms with van der Waals surface area (Å²) >= 11 is 0. The minimum absolute atomic E-state index is 0.0367. The van der Waals surface area contributed by atoms with Crippen LogP contribution in [0.1, 0.15) is 64.0 Å². The molecule has 0 radical (unpaired) electrons. The van der Waals surface area contributed by atoms with E-state index in [0.717, 1.165) is 75.7 Å². The van der Waals surface area contributed by atoms with Crippen LogP contribution < -0.4 is 9.47 Å². The monoisotopic (exact) mass is 442 g/mol. The Morgan fingerprint density at radius 3 is 2.62 bits per heavy atom. The Morgan fingerprint density at radius 2 is 1.91 bits per heavy atom. The van der Waals surface area contributed by atoms with Gasteiger partial charge in [0, 0.05) is 37.5 Å². The number of nitrogens with zero attached hydrogens (tertiary/aromatic N) is 2. The number of amides is 1. The molecule has 1 amide bonds. The molecule has 4 aliphatic rings. The molecule has 0 bridgehead atoms. The lowest BCUT2D eigenvalue weighted by Crippen LogP contribution is -2.54. The van der Waals surface area contributed by atoms with Gasteiger partial charge in [-0.05, 0) is 82.7 Å². The zero-order valence-corrected chi connectivity index (χ0v) is 19.9. The molecule has 2 atom stereocenters. The van der Waals surface area contributed by atoms with Gasteiger partial charge in [0.2, 0.25) is 5.91 Å². The number of hydrogen-bond acceptors (Lipinski definition) is 5. The molecule has 0 aliphatic carbocycles. The van der Waals surface area contributed by atoms with E-state index in [2.05, 4.69) is 29.7 Å². The zero-order chi connectivity index (χ0) is 22.3. The fourth-order valence-corrected chi connectivity index (χ4v) is 6.26. The van der Waals surface area contributed by atoms with Crippen molar-refractivity contribution in [2.45, 2.75) is 64.1 Å². The number of piperidine rings is 1. The van der Waals surface area contributed by atoms with Crippen LogP contribution in [0, 0.1) is 11.3 Å². The maximum atomic E-state index is 12.8. The van der Waals surface area contributed by atoms with Gasteiger partial charge < -0.3 is 24.0 Å². The van der Waals surface area contributed by atoms with Crippen LogP contribution in [0.5, 0.6) is 11.5 Å². The smallest absolute Gasteiger partial charge is 0.223 e. The van der Waals surface area contributed by atoms with Gasteiger partial charge in [0.05, 0.1) is 19.8 Å². The molecule has 0 N–H and O–H groups in total. The third-order valence-corrected chi connectivity index (χ3v) is 8.39. The maximum absolute atomic E-state index is 12.8. The number of likely N-dealkylation sites (tertiary alicyclic amines) is 2. The van der Waals surface area contributed by atoms with E-state index in [1.54, 1.807) is 7.11 Å². The van der Waals surface area contributed by atoms with E-state index in [-0.39, 0.29) is 23.0 Å². The molecule has 5 rings (SSSR count). The Hall–Kier alpha value is -1.79. The lowest BCUT2D eigenvalue weighted by Gasteiger charge is -2.54. The molecule has 32 heavy (non-hydrogen) atoms. The van der Waals surface area contributed by atoms with Crippen molar-refractivity contribution < 1.29 is 19.0 Å². The van der Waals surface area contributed by atoms with Gasteiger partial charge in [-0.1, -0.05) is 0 Å². The summed E-state index contributed by atoms with van der Waals surface area (Å²) < 4.78 is 18.5. The number of methoxy groups -OCH3 is 1. The van der Waals surface area contributed by atoms with E-state index in [4.69, 9.17) is 14.2 Å². The van der Waals surface area contributed by atoms with Gasteiger partial charge in [0.1, 0.15) is 17.1 Å². The Kier molecular flexibility index (Phi) is 5.87. The first kappa shape index (κ1) is 22.0. The molecular weight excluding hydrogens is 404 g/mol. The molecule has 1 spiro atoms. The van der Waals surface area contributed by atoms with Crippen LogP contribution in [-0.4, -0.2) is 67.7 Å². The standard InChI is InChI=1S/C26H38N2O4/c1-25(2)21-17-26(18-31-24(21)20-16-19(30-3)6-7-22(20)32-25)9-14-28(15-10-26)23(29)8-13-27-11-4-5-12-27/h6-7,16,21,24H,4-5,8-15,17-18H2,1-3H3/t21-,24+/m0/s1. The van der Waals surface area contributed by atoms with E-state index >= 15 is 0 Å². The quantitative estimate of drug-likeness (QED) is 0.705. The van der Waals surface area contributed by atoms with Gasteiger partial charge in [0.15, 0.2) is 0 Å². The highest BCUT2D eigenvalue weighted by Gasteiger charge is 2.53. The number of ether oxygens (including phenoxy) is 3. The second-order valence-electron chi connectivity index (χ2n) is 10.8. The number of benzene rings is 1. The second kappa shape index (κ2) is 8.53. The highest BCUT2D eigenvalue weighted by atomic mass is 16.5. The summed E-state index contributed by atoms with van der Waals surface area (Å²) in [5.41, 5.74) is 0.963. The van der Waals surface area contributed by atoms with Crippen molar-refractivity contribution in [3.05, 3.63) is 23.8 Å². The van der Waals surface area contributed by atoms with Crippen LogP contribution >= 0.6 is 0 Å². The van der Waals surface area contributed by atoms with Gasteiger partial charge >= 0.3 is 0 Å². The maximum Gasteiger partial charge on any atom is 0.223 e. The van der Waals surface area contributed by atoms with E-state index in [0.29, 0.717) is 12.3 Å². The van der Waals surface area contributed by atoms with Gasteiger partial charge in [-0.15, -0.1) is 0 Å². The molecule has 4 aliphatic heterocycles. The van der Waals surface area contributed by atoms with Crippen LogP contribution in [0.2, 0.25) is 0 Å². The first-order valence-corrected chi connectivity index (χ1v) is 12.4. The third kappa shape index (κ3) is 4.12. The van der Waals surface area contributed by atoms with Crippen molar-refractivity contribution in [2.75, 3.05) is 46.4 Å². The summed E-state index contributed by atoms with van der Waals surface area (Å²) in [5.74, 6) is 2.36. The van der Waals surface area contributed by atoms with Crippen molar-refractivity contribution in [3.63, 3.8) is 0 Å². The SMILES string of the molecule is COc1ccc2c(c1)[C@H]1OCC3(CCN(C(=O)CCN4CCCC4)CC3)C[C@@H]1C(C)(C)O2. The van der Waals surface area contributed by atoms with Gasteiger partial charge in [-0.2, -0.15) is 0 Å². The molecule has 176 valence electrons. The lowest BCUT2D eigenvalue weighted by atomic mass is 9.64. The number of carbonyl (C=O) groups excluding carboxylic acids is 1. The number of carbonyl (C=O) groups is 1. The van der Waals surface area contributed by atoms with E-state index < -0.39 is 0 Å². The van der Waals surface area contributed by atoms with E-state index in [1.807, 2.05) is 12.1 Å². The molecule has 1 aromatic carbocycles. The predicted octanol–water partition coefficient (Wildman–Crippen LogP) is 4.04. The van der Waals surface area contributed by atoms with E-state index in [9.17, 15) is 4.79 Å². The molecule has 6 heteroatoms. The number of hydrogen-bond donors (Lipinski definition) is 0. The first-order valence-electron chi connectivity index (χ1n) is 12.4. The summed E-state index contributed by atoms with van der Waals surface area (Å²) in [6.45, 7) is 10.1. The summed E-state index contributed by atoms with van der Waals surface area (Å²) in [7, 11) is 1.70. The topological polar surface area (TPSA) is 51.2 Å². The minimum atomic E-state index is -0.289. The van der Waals surface area contributed by atoms with Crippen molar-refractivity contribution in [2.24, 2.45) is 11.3 Å². The van der Waals surface area contributed by atoms with E-state index in [1.165, 1.54) is 12.8 Å².